The van der Waals surface area contributed by atoms with Crippen LogP contribution >= 0.6 is 0 Å². The molecule has 1 aromatic rings. The molecule has 0 N–H and O–H groups in total. The minimum atomic E-state index is 0.0439. The van der Waals surface area contributed by atoms with Crippen molar-refractivity contribution in [3.63, 3.8) is 0 Å². The standard InChI is InChI=1S/C15H22O2/c1-11(9-10-16)12-7-6-8-13(14(12)17-5)15(2,3)4/h6-8,10-11H,9H2,1-5H3. The van der Waals surface area contributed by atoms with Crippen LogP contribution in [0.3, 0.4) is 0 Å². The van der Waals surface area contributed by atoms with Gasteiger partial charge in [-0.2, -0.15) is 0 Å². The number of rotatable bonds is 4. The highest BCUT2D eigenvalue weighted by molar-refractivity contribution is 5.54. The predicted octanol–water partition coefficient (Wildman–Crippen LogP) is 3.69. The van der Waals surface area contributed by atoms with Crippen LogP contribution in [-0.4, -0.2) is 13.4 Å². The summed E-state index contributed by atoms with van der Waals surface area (Å²) >= 11 is 0. The smallest absolute Gasteiger partial charge is 0.126 e. The maximum atomic E-state index is 10.6. The van der Waals surface area contributed by atoms with Crippen LogP contribution in [0.4, 0.5) is 0 Å². The zero-order valence-corrected chi connectivity index (χ0v) is 11.4. The quantitative estimate of drug-likeness (QED) is 0.743. The molecule has 0 bridgehead atoms. The van der Waals surface area contributed by atoms with Crippen molar-refractivity contribution in [3.05, 3.63) is 29.3 Å². The van der Waals surface area contributed by atoms with Gasteiger partial charge in [-0.25, -0.2) is 0 Å². The van der Waals surface area contributed by atoms with Gasteiger partial charge in [0.25, 0.3) is 0 Å². The topological polar surface area (TPSA) is 26.3 Å². The van der Waals surface area contributed by atoms with Crippen molar-refractivity contribution < 1.29 is 9.53 Å². The lowest BCUT2D eigenvalue weighted by Gasteiger charge is -2.25. The summed E-state index contributed by atoms with van der Waals surface area (Å²) in [6.07, 6.45) is 1.50. The summed E-state index contributed by atoms with van der Waals surface area (Å²) in [6.45, 7) is 8.55. The second-order valence-electron chi connectivity index (χ2n) is 5.48. The minimum Gasteiger partial charge on any atom is -0.496 e. The molecule has 0 radical (unpaired) electrons. The largest absolute Gasteiger partial charge is 0.496 e. The fourth-order valence-corrected chi connectivity index (χ4v) is 2.03. The third kappa shape index (κ3) is 3.09. The van der Waals surface area contributed by atoms with Crippen LogP contribution < -0.4 is 4.74 Å². The summed E-state index contributed by atoms with van der Waals surface area (Å²) in [5, 5.41) is 0. The van der Waals surface area contributed by atoms with Crippen molar-refractivity contribution in [1.82, 2.24) is 0 Å². The Labute approximate surface area is 104 Å². The number of benzene rings is 1. The van der Waals surface area contributed by atoms with E-state index in [0.29, 0.717) is 6.42 Å². The van der Waals surface area contributed by atoms with E-state index in [2.05, 4.69) is 33.8 Å². The van der Waals surface area contributed by atoms with E-state index >= 15 is 0 Å². The van der Waals surface area contributed by atoms with Gasteiger partial charge in [-0.1, -0.05) is 45.9 Å². The lowest BCUT2D eigenvalue weighted by Crippen LogP contribution is -2.14. The highest BCUT2D eigenvalue weighted by Crippen LogP contribution is 2.37. The van der Waals surface area contributed by atoms with E-state index in [-0.39, 0.29) is 11.3 Å². The number of para-hydroxylation sites is 1. The van der Waals surface area contributed by atoms with Crippen molar-refractivity contribution in [1.29, 1.82) is 0 Å². The van der Waals surface area contributed by atoms with Crippen LogP contribution in [0.25, 0.3) is 0 Å². The van der Waals surface area contributed by atoms with Gasteiger partial charge < -0.3 is 9.53 Å². The van der Waals surface area contributed by atoms with Gasteiger partial charge in [0.2, 0.25) is 0 Å². The SMILES string of the molecule is COc1c(C(C)CC=O)cccc1C(C)(C)C. The molecule has 2 nitrogen and oxygen atoms in total. The molecule has 1 atom stereocenters. The van der Waals surface area contributed by atoms with Gasteiger partial charge in [-0.15, -0.1) is 0 Å². The van der Waals surface area contributed by atoms with E-state index in [1.54, 1.807) is 7.11 Å². The molecule has 0 amide bonds. The van der Waals surface area contributed by atoms with Crippen LogP contribution in [-0.2, 0) is 10.2 Å². The number of aldehydes is 1. The molecule has 1 aromatic carbocycles. The van der Waals surface area contributed by atoms with E-state index in [4.69, 9.17) is 4.74 Å². The lowest BCUT2D eigenvalue weighted by atomic mass is 9.83. The number of methoxy groups -OCH3 is 1. The molecule has 0 saturated heterocycles. The van der Waals surface area contributed by atoms with Crippen molar-refractivity contribution in [2.75, 3.05) is 7.11 Å². The first kappa shape index (κ1) is 13.8. The summed E-state index contributed by atoms with van der Waals surface area (Å²) < 4.78 is 5.55. The van der Waals surface area contributed by atoms with Gasteiger partial charge in [-0.05, 0) is 22.5 Å². The summed E-state index contributed by atoms with van der Waals surface area (Å²) in [6, 6.07) is 6.18. The number of carbonyl (C=O) groups excluding carboxylic acids is 1. The Morgan fingerprint density at radius 3 is 2.47 bits per heavy atom. The summed E-state index contributed by atoms with van der Waals surface area (Å²) in [5.41, 5.74) is 2.35. The molecule has 94 valence electrons. The molecule has 0 aliphatic carbocycles. The average Bonchev–Trinajstić information content (AvgIpc) is 2.27. The van der Waals surface area contributed by atoms with Crippen LogP contribution in [0, 0.1) is 0 Å². The van der Waals surface area contributed by atoms with E-state index < -0.39 is 0 Å². The van der Waals surface area contributed by atoms with Crippen molar-refractivity contribution in [2.24, 2.45) is 0 Å². The number of hydrogen-bond donors (Lipinski definition) is 0. The third-order valence-corrected chi connectivity index (χ3v) is 3.04. The van der Waals surface area contributed by atoms with Gasteiger partial charge in [0, 0.05) is 6.42 Å². The Morgan fingerprint density at radius 2 is 2.00 bits per heavy atom. The summed E-state index contributed by atoms with van der Waals surface area (Å²) in [4.78, 5) is 10.6. The molecule has 2 heteroatoms. The van der Waals surface area contributed by atoms with E-state index in [0.717, 1.165) is 17.6 Å². The van der Waals surface area contributed by atoms with Crippen LogP contribution in [0.5, 0.6) is 5.75 Å². The molecule has 17 heavy (non-hydrogen) atoms. The first-order valence-electron chi connectivity index (χ1n) is 6.02. The number of hydrogen-bond acceptors (Lipinski definition) is 2. The summed E-state index contributed by atoms with van der Waals surface area (Å²) in [5.74, 6) is 1.12. The van der Waals surface area contributed by atoms with E-state index in [1.807, 2.05) is 12.1 Å². The van der Waals surface area contributed by atoms with Crippen LogP contribution in [0.2, 0.25) is 0 Å². The Bertz CT molecular complexity index is 388. The molecule has 0 aliphatic rings. The van der Waals surface area contributed by atoms with Crippen molar-refractivity contribution in [2.45, 2.75) is 45.4 Å². The monoisotopic (exact) mass is 234 g/mol. The fraction of sp³-hybridized carbons (Fsp3) is 0.533. The highest BCUT2D eigenvalue weighted by atomic mass is 16.5. The maximum absolute atomic E-state index is 10.6. The third-order valence-electron chi connectivity index (χ3n) is 3.04. The van der Waals surface area contributed by atoms with Crippen molar-refractivity contribution in [3.8, 4) is 5.75 Å². The first-order chi connectivity index (χ1) is 7.91. The average molecular weight is 234 g/mol. The normalized spacial score (nSPS) is 13.2. The molecule has 1 unspecified atom stereocenters. The van der Waals surface area contributed by atoms with Gasteiger partial charge in [0.15, 0.2) is 0 Å². The molecule has 0 aromatic heterocycles. The highest BCUT2D eigenvalue weighted by Gasteiger charge is 2.22. The molecule has 0 spiro atoms. The molecule has 0 heterocycles. The zero-order chi connectivity index (χ0) is 13.1. The van der Waals surface area contributed by atoms with Crippen molar-refractivity contribution >= 4 is 6.29 Å². The number of carbonyl (C=O) groups is 1. The molecular formula is C15H22O2. The Morgan fingerprint density at radius 1 is 1.35 bits per heavy atom. The molecule has 1 rings (SSSR count). The first-order valence-corrected chi connectivity index (χ1v) is 6.02. The summed E-state index contributed by atoms with van der Waals surface area (Å²) in [7, 11) is 1.70. The second-order valence-corrected chi connectivity index (χ2v) is 5.48. The Kier molecular flexibility index (Phi) is 4.33. The van der Waals surface area contributed by atoms with Gasteiger partial charge >= 0.3 is 0 Å². The number of ether oxygens (including phenoxy) is 1. The molecular weight excluding hydrogens is 212 g/mol. The van der Waals surface area contributed by atoms with Gasteiger partial charge in [0.1, 0.15) is 12.0 Å². The maximum Gasteiger partial charge on any atom is 0.126 e. The molecule has 0 aliphatic heterocycles. The fourth-order valence-electron chi connectivity index (χ4n) is 2.03. The Hall–Kier alpha value is -1.31. The molecule has 0 fully saturated rings. The predicted molar refractivity (Wildman–Crippen MR) is 70.8 cm³/mol. The van der Waals surface area contributed by atoms with Gasteiger partial charge in [-0.3, -0.25) is 0 Å². The van der Waals surface area contributed by atoms with Gasteiger partial charge in [0.05, 0.1) is 7.11 Å². The van der Waals surface area contributed by atoms with Crippen LogP contribution in [0.15, 0.2) is 18.2 Å². The van der Waals surface area contributed by atoms with E-state index in [1.165, 1.54) is 5.56 Å². The Balaban J connectivity index is 3.28. The lowest BCUT2D eigenvalue weighted by molar-refractivity contribution is -0.108. The molecule has 0 saturated carbocycles. The van der Waals surface area contributed by atoms with Crippen LogP contribution in [0.1, 0.15) is 51.2 Å². The second kappa shape index (κ2) is 5.35. The van der Waals surface area contributed by atoms with E-state index in [9.17, 15) is 4.79 Å². The zero-order valence-electron chi connectivity index (χ0n) is 11.4. The minimum absolute atomic E-state index is 0.0439.